The molecule has 1 aliphatic heterocycles. The predicted octanol–water partition coefficient (Wildman–Crippen LogP) is 5.40. The van der Waals surface area contributed by atoms with E-state index in [4.69, 9.17) is 0 Å². The lowest BCUT2D eigenvalue weighted by atomic mass is 9.92. The van der Waals surface area contributed by atoms with Crippen LogP contribution in [0.25, 0.3) is 0 Å². The number of hydrogen-bond acceptors (Lipinski definition) is 4. The van der Waals surface area contributed by atoms with Crippen molar-refractivity contribution in [2.45, 2.75) is 54.0 Å². The fraction of sp³-hybridized carbons (Fsp3) is 0.364. The molecular weight excluding hydrogens is 507 g/mol. The largest absolute Gasteiger partial charge is 0.416 e. The molecule has 2 aromatic carbocycles. The third-order valence-corrected chi connectivity index (χ3v) is 8.51. The quantitative estimate of drug-likeness (QED) is 0.399. The van der Waals surface area contributed by atoms with Crippen LogP contribution in [0.15, 0.2) is 47.4 Å². The zero-order valence-electron chi connectivity index (χ0n) is 17.6. The molecule has 188 valence electrons. The van der Waals surface area contributed by atoms with Gasteiger partial charge >= 0.3 is 12.4 Å². The van der Waals surface area contributed by atoms with Crippen LogP contribution in [0, 0.1) is 0 Å². The Morgan fingerprint density at radius 1 is 0.800 bits per heavy atom. The molecule has 0 unspecified atom stereocenters. The standard InChI is InChI=1S/C22H16F7NO4S/c23-20(35(33,34)15-3-1-2-12(10-15)21(24,25)26)8-6-14(7-9-20)30-18(31)16-5-4-13(22(27,28)29)11-17(16)19(30)32/h1-5,10-11,14H,6-9H2/t14-,20+. The highest BCUT2D eigenvalue weighted by molar-refractivity contribution is 7.92. The number of hydrogen-bond donors (Lipinski definition) is 0. The Kier molecular flexibility index (Phi) is 5.77. The SMILES string of the molecule is O=C1c2ccc(C(F)(F)F)cc2C(=O)N1[C@H]1CC[C@@](F)(S(=O)(=O)c2cccc(C(F)(F)F)c2)CC1. The Morgan fingerprint density at radius 2 is 1.34 bits per heavy atom. The molecule has 0 spiro atoms. The van der Waals surface area contributed by atoms with Crippen molar-refractivity contribution in [3.63, 3.8) is 0 Å². The summed E-state index contributed by atoms with van der Waals surface area (Å²) in [5.41, 5.74) is -3.10. The summed E-state index contributed by atoms with van der Waals surface area (Å²) in [6, 6.07) is 3.77. The number of fused-ring (bicyclic) bond motifs is 1. The van der Waals surface area contributed by atoms with Gasteiger partial charge in [0, 0.05) is 6.04 Å². The van der Waals surface area contributed by atoms with Crippen molar-refractivity contribution in [1.29, 1.82) is 0 Å². The fourth-order valence-electron chi connectivity index (χ4n) is 4.38. The second-order valence-corrected chi connectivity index (χ2v) is 10.6. The minimum Gasteiger partial charge on any atom is -0.271 e. The molecule has 2 amide bonds. The number of alkyl halides is 7. The molecule has 0 N–H and O–H groups in total. The van der Waals surface area contributed by atoms with Crippen molar-refractivity contribution >= 4 is 21.7 Å². The first-order valence-electron chi connectivity index (χ1n) is 10.3. The van der Waals surface area contributed by atoms with Crippen molar-refractivity contribution in [3.05, 3.63) is 64.7 Å². The maximum Gasteiger partial charge on any atom is 0.416 e. The Bertz CT molecular complexity index is 1310. The highest BCUT2D eigenvalue weighted by atomic mass is 32.2. The van der Waals surface area contributed by atoms with Crippen LogP contribution >= 0.6 is 0 Å². The van der Waals surface area contributed by atoms with Crippen LogP contribution in [0.4, 0.5) is 30.7 Å². The minimum atomic E-state index is -4.87. The number of amides is 2. The van der Waals surface area contributed by atoms with Gasteiger partial charge in [-0.15, -0.1) is 0 Å². The third-order valence-electron chi connectivity index (χ3n) is 6.27. The van der Waals surface area contributed by atoms with Crippen LogP contribution in [-0.2, 0) is 22.2 Å². The number of halogens is 7. The van der Waals surface area contributed by atoms with Crippen molar-refractivity contribution in [2.24, 2.45) is 0 Å². The molecule has 0 saturated heterocycles. The van der Waals surface area contributed by atoms with E-state index in [2.05, 4.69) is 0 Å². The summed E-state index contributed by atoms with van der Waals surface area (Å²) < 4.78 is 119. The topological polar surface area (TPSA) is 71.5 Å². The number of benzene rings is 2. The van der Waals surface area contributed by atoms with Crippen molar-refractivity contribution in [3.8, 4) is 0 Å². The summed E-state index contributed by atoms with van der Waals surface area (Å²) in [5, 5.41) is -2.95. The molecule has 1 fully saturated rings. The summed E-state index contributed by atoms with van der Waals surface area (Å²) in [7, 11) is -4.87. The second kappa shape index (κ2) is 8.04. The minimum absolute atomic E-state index is 0.253. The Balaban J connectivity index is 1.55. The molecule has 5 nitrogen and oxygen atoms in total. The maximum absolute atomic E-state index is 15.6. The van der Waals surface area contributed by atoms with Gasteiger partial charge < -0.3 is 0 Å². The van der Waals surface area contributed by atoms with Gasteiger partial charge in [-0.2, -0.15) is 26.3 Å². The lowest BCUT2D eigenvalue weighted by Gasteiger charge is -2.36. The van der Waals surface area contributed by atoms with E-state index in [0.717, 1.165) is 18.2 Å². The number of rotatable bonds is 3. The highest BCUT2D eigenvalue weighted by Crippen LogP contribution is 2.44. The van der Waals surface area contributed by atoms with Crippen LogP contribution in [0.5, 0.6) is 0 Å². The van der Waals surface area contributed by atoms with Crippen LogP contribution in [0.1, 0.15) is 57.5 Å². The van der Waals surface area contributed by atoms with Crippen LogP contribution < -0.4 is 0 Å². The summed E-state index contributed by atoms with van der Waals surface area (Å²) in [5.74, 6) is -1.89. The number of nitrogens with zero attached hydrogens (tertiary/aromatic N) is 1. The van der Waals surface area contributed by atoms with Gasteiger partial charge in [-0.05, 0) is 62.1 Å². The van der Waals surface area contributed by atoms with Gasteiger partial charge in [0.05, 0.1) is 27.1 Å². The van der Waals surface area contributed by atoms with Crippen molar-refractivity contribution in [1.82, 2.24) is 4.90 Å². The number of imide groups is 1. The molecule has 1 saturated carbocycles. The molecular formula is C22H16F7NO4S. The number of carbonyl (C=O) groups is 2. The van der Waals surface area contributed by atoms with E-state index in [-0.39, 0.29) is 18.4 Å². The highest BCUT2D eigenvalue weighted by Gasteiger charge is 2.51. The third kappa shape index (κ3) is 4.19. The Labute approximate surface area is 194 Å². The summed E-state index contributed by atoms with van der Waals surface area (Å²) in [6.45, 7) is 0. The van der Waals surface area contributed by atoms with E-state index in [1.54, 1.807) is 0 Å². The average Bonchev–Trinajstić information content (AvgIpc) is 3.03. The van der Waals surface area contributed by atoms with E-state index >= 15 is 4.39 Å². The van der Waals surface area contributed by atoms with Gasteiger partial charge in [-0.3, -0.25) is 14.5 Å². The molecule has 0 radical (unpaired) electrons. The molecule has 2 aromatic rings. The fourth-order valence-corrected chi connectivity index (χ4v) is 6.11. The van der Waals surface area contributed by atoms with Crippen LogP contribution in [0.3, 0.4) is 0 Å². The monoisotopic (exact) mass is 523 g/mol. The first-order valence-corrected chi connectivity index (χ1v) is 11.7. The van der Waals surface area contributed by atoms with Gasteiger partial charge in [0.25, 0.3) is 11.8 Å². The predicted molar refractivity (Wildman–Crippen MR) is 107 cm³/mol. The average molecular weight is 523 g/mol. The Hall–Kier alpha value is -2.96. The van der Waals surface area contributed by atoms with E-state index in [9.17, 15) is 44.3 Å². The first kappa shape index (κ1) is 25.1. The van der Waals surface area contributed by atoms with E-state index in [1.165, 1.54) is 0 Å². The van der Waals surface area contributed by atoms with Gasteiger partial charge in [-0.25, -0.2) is 12.8 Å². The lowest BCUT2D eigenvalue weighted by Crippen LogP contribution is -2.47. The molecule has 0 aromatic heterocycles. The van der Waals surface area contributed by atoms with Crippen LogP contribution in [0.2, 0.25) is 0 Å². The summed E-state index contributed by atoms with van der Waals surface area (Å²) in [6.07, 6.45) is -11.7. The normalized spacial score (nSPS) is 23.5. The summed E-state index contributed by atoms with van der Waals surface area (Å²) in [4.78, 5) is 25.2. The number of sulfone groups is 1. The molecule has 4 rings (SSSR count). The van der Waals surface area contributed by atoms with E-state index < -0.39 is 79.5 Å². The molecule has 0 bridgehead atoms. The molecule has 35 heavy (non-hydrogen) atoms. The van der Waals surface area contributed by atoms with Crippen molar-refractivity contribution < 1.29 is 48.7 Å². The molecule has 0 atom stereocenters. The van der Waals surface area contributed by atoms with Gasteiger partial charge in [0.15, 0.2) is 0 Å². The molecule has 2 aliphatic rings. The maximum atomic E-state index is 15.6. The van der Waals surface area contributed by atoms with E-state index in [1.807, 2.05) is 0 Å². The Morgan fingerprint density at radius 3 is 1.91 bits per heavy atom. The van der Waals surface area contributed by atoms with Gasteiger partial charge in [-0.1, -0.05) is 6.07 Å². The zero-order chi connectivity index (χ0) is 26.0. The summed E-state index contributed by atoms with van der Waals surface area (Å²) >= 11 is 0. The zero-order valence-corrected chi connectivity index (χ0v) is 18.4. The van der Waals surface area contributed by atoms with Gasteiger partial charge in [0.1, 0.15) is 0 Å². The first-order chi connectivity index (χ1) is 16.1. The smallest absolute Gasteiger partial charge is 0.271 e. The molecule has 1 aliphatic carbocycles. The van der Waals surface area contributed by atoms with Gasteiger partial charge in [0.2, 0.25) is 14.8 Å². The number of carbonyl (C=O) groups excluding carboxylic acids is 2. The molecule has 1 heterocycles. The van der Waals surface area contributed by atoms with E-state index in [0.29, 0.717) is 29.2 Å². The lowest BCUT2D eigenvalue weighted by molar-refractivity contribution is -0.138. The van der Waals surface area contributed by atoms with Crippen molar-refractivity contribution in [2.75, 3.05) is 0 Å². The second-order valence-electron chi connectivity index (χ2n) is 8.38. The van der Waals surface area contributed by atoms with Crippen LogP contribution in [-0.4, -0.2) is 36.2 Å². The molecule has 13 heteroatoms.